The Bertz CT molecular complexity index is 1080. The van der Waals surface area contributed by atoms with Gasteiger partial charge in [-0.2, -0.15) is 0 Å². The topological polar surface area (TPSA) is 88.5 Å². The van der Waals surface area contributed by atoms with E-state index in [9.17, 15) is 14.7 Å². The van der Waals surface area contributed by atoms with Gasteiger partial charge >= 0.3 is 0 Å². The first-order valence-corrected chi connectivity index (χ1v) is 11.1. The van der Waals surface area contributed by atoms with E-state index in [1.54, 1.807) is 49.6 Å². The highest BCUT2D eigenvalue weighted by atomic mass is 16.5. The first-order valence-electron chi connectivity index (χ1n) is 11.1. The molecular weight excluding hydrogens is 436 g/mol. The molecule has 182 valence electrons. The van der Waals surface area contributed by atoms with Gasteiger partial charge in [-0.1, -0.05) is 6.07 Å². The van der Waals surface area contributed by atoms with Gasteiger partial charge in [0, 0.05) is 18.7 Å². The van der Waals surface area contributed by atoms with Crippen LogP contribution in [-0.4, -0.2) is 74.1 Å². The summed E-state index contributed by atoms with van der Waals surface area (Å²) in [5.41, 5.74) is 1.10. The van der Waals surface area contributed by atoms with Crippen LogP contribution in [0, 0.1) is 0 Å². The summed E-state index contributed by atoms with van der Waals surface area (Å²) >= 11 is 0. The predicted molar refractivity (Wildman–Crippen MR) is 129 cm³/mol. The van der Waals surface area contributed by atoms with Gasteiger partial charge in [-0.15, -0.1) is 0 Å². The number of ketones is 1. The predicted octanol–water partition coefficient (Wildman–Crippen LogP) is 3.47. The van der Waals surface area contributed by atoms with Gasteiger partial charge in [0.15, 0.2) is 11.5 Å². The lowest BCUT2D eigenvalue weighted by Gasteiger charge is -2.27. The molecule has 1 aliphatic rings. The Morgan fingerprint density at radius 3 is 2.26 bits per heavy atom. The number of hydrogen-bond donors (Lipinski definition) is 1. The van der Waals surface area contributed by atoms with Crippen LogP contribution in [0.2, 0.25) is 0 Å². The van der Waals surface area contributed by atoms with Crippen molar-refractivity contribution in [2.24, 2.45) is 0 Å². The molecule has 8 nitrogen and oxygen atoms in total. The lowest BCUT2D eigenvalue weighted by molar-refractivity contribution is -0.140. The number of methoxy groups -OCH3 is 2. The van der Waals surface area contributed by atoms with Crippen molar-refractivity contribution in [1.82, 2.24) is 9.80 Å². The number of carbonyl (C=O) groups excluding carboxylic acids is 2. The number of likely N-dealkylation sites (N-methyl/N-ethyl adjacent to an activating group) is 1. The number of nitrogens with zero attached hydrogens (tertiary/aromatic N) is 2. The van der Waals surface area contributed by atoms with Crippen LogP contribution in [0.25, 0.3) is 5.76 Å². The van der Waals surface area contributed by atoms with Gasteiger partial charge in [-0.25, -0.2) is 0 Å². The first-order chi connectivity index (χ1) is 16.2. The summed E-state index contributed by atoms with van der Waals surface area (Å²) in [6.07, 6.45) is -0.0550. The summed E-state index contributed by atoms with van der Waals surface area (Å²) in [5, 5.41) is 11.2. The summed E-state index contributed by atoms with van der Waals surface area (Å²) in [6, 6.07) is 11.2. The van der Waals surface area contributed by atoms with Crippen LogP contribution in [0.1, 0.15) is 31.0 Å². The number of aliphatic hydroxyl groups excluding tert-OH is 1. The minimum Gasteiger partial charge on any atom is -0.507 e. The second-order valence-electron chi connectivity index (χ2n) is 8.60. The van der Waals surface area contributed by atoms with E-state index in [0.717, 1.165) is 0 Å². The van der Waals surface area contributed by atoms with Crippen LogP contribution in [0.4, 0.5) is 0 Å². The number of ether oxygens (including phenoxy) is 3. The molecular formula is C26H32N2O6. The molecule has 2 aromatic rings. The highest BCUT2D eigenvalue weighted by Gasteiger charge is 2.46. The van der Waals surface area contributed by atoms with Gasteiger partial charge in [0.2, 0.25) is 0 Å². The zero-order valence-corrected chi connectivity index (χ0v) is 20.5. The fraction of sp³-hybridized carbons (Fsp3) is 0.385. The van der Waals surface area contributed by atoms with Crippen LogP contribution in [0.3, 0.4) is 0 Å². The maximum atomic E-state index is 13.1. The van der Waals surface area contributed by atoms with Gasteiger partial charge in [-0.3, -0.25) is 9.59 Å². The maximum absolute atomic E-state index is 13.1. The summed E-state index contributed by atoms with van der Waals surface area (Å²) in [5.74, 6) is 0.0438. The monoisotopic (exact) mass is 468 g/mol. The molecule has 0 aliphatic carbocycles. The number of amides is 1. The normalized spacial score (nSPS) is 17.5. The van der Waals surface area contributed by atoms with Crippen LogP contribution in [0.15, 0.2) is 48.0 Å². The SMILES string of the molecule is COc1ccc(/C(O)=C2/C(=O)C(=O)N(CCN(C)C)C2c2ccc(OC(C)C)c(OC)c2)cc1. The van der Waals surface area contributed by atoms with Crippen molar-refractivity contribution in [3.63, 3.8) is 0 Å². The fourth-order valence-corrected chi connectivity index (χ4v) is 3.87. The summed E-state index contributed by atoms with van der Waals surface area (Å²) in [7, 11) is 6.87. The van der Waals surface area contributed by atoms with Gasteiger partial charge in [0.1, 0.15) is 11.5 Å². The van der Waals surface area contributed by atoms with Crippen molar-refractivity contribution in [3.05, 3.63) is 59.2 Å². The van der Waals surface area contributed by atoms with E-state index < -0.39 is 17.7 Å². The molecule has 34 heavy (non-hydrogen) atoms. The standard InChI is InChI=1S/C26H32N2O6/c1-16(2)34-20-12-9-18(15-21(20)33-6)23-22(24(29)17-7-10-19(32-5)11-8-17)25(30)26(31)28(23)14-13-27(3)4/h7-12,15-16,23,29H,13-14H2,1-6H3/b24-22-. The molecule has 8 heteroatoms. The molecule has 1 heterocycles. The van der Waals surface area contributed by atoms with Crippen LogP contribution >= 0.6 is 0 Å². The number of Topliss-reactive ketones (excluding diaryl/α,β-unsaturated/α-hetero) is 1. The number of benzene rings is 2. The fourth-order valence-electron chi connectivity index (χ4n) is 3.87. The number of rotatable bonds is 9. The van der Waals surface area contributed by atoms with Crippen molar-refractivity contribution in [2.75, 3.05) is 41.4 Å². The molecule has 0 saturated carbocycles. The maximum Gasteiger partial charge on any atom is 0.295 e. The molecule has 1 fully saturated rings. The highest BCUT2D eigenvalue weighted by molar-refractivity contribution is 6.46. The van der Waals surface area contributed by atoms with E-state index in [4.69, 9.17) is 14.2 Å². The largest absolute Gasteiger partial charge is 0.507 e. The van der Waals surface area contributed by atoms with Crippen molar-refractivity contribution < 1.29 is 28.9 Å². The molecule has 0 spiro atoms. The van der Waals surface area contributed by atoms with E-state index in [1.165, 1.54) is 12.0 Å². The van der Waals surface area contributed by atoms with Gasteiger partial charge in [-0.05, 0) is 69.9 Å². The minimum atomic E-state index is -0.774. The Hall–Kier alpha value is -3.52. The minimum absolute atomic E-state index is 0.0357. The van der Waals surface area contributed by atoms with E-state index in [0.29, 0.717) is 41.5 Å². The zero-order chi connectivity index (χ0) is 25.0. The third-order valence-corrected chi connectivity index (χ3v) is 5.56. The average Bonchev–Trinajstić information content (AvgIpc) is 3.07. The molecule has 2 aromatic carbocycles. The second-order valence-corrected chi connectivity index (χ2v) is 8.60. The van der Waals surface area contributed by atoms with Crippen LogP contribution < -0.4 is 14.2 Å². The zero-order valence-electron chi connectivity index (χ0n) is 20.5. The summed E-state index contributed by atoms with van der Waals surface area (Å²) in [6.45, 7) is 4.70. The Morgan fingerprint density at radius 2 is 1.71 bits per heavy atom. The number of aliphatic hydroxyl groups is 1. The van der Waals surface area contributed by atoms with Crippen LogP contribution in [0.5, 0.6) is 17.2 Å². The molecule has 1 atom stereocenters. The number of hydrogen-bond acceptors (Lipinski definition) is 7. The van der Waals surface area contributed by atoms with E-state index in [2.05, 4.69) is 0 Å². The van der Waals surface area contributed by atoms with Gasteiger partial charge in [0.25, 0.3) is 11.7 Å². The third-order valence-electron chi connectivity index (χ3n) is 5.56. The lowest BCUT2D eigenvalue weighted by Crippen LogP contribution is -2.35. The highest BCUT2D eigenvalue weighted by Crippen LogP contribution is 2.42. The number of carbonyl (C=O) groups is 2. The molecule has 1 saturated heterocycles. The molecule has 3 rings (SSSR count). The van der Waals surface area contributed by atoms with E-state index >= 15 is 0 Å². The van der Waals surface area contributed by atoms with E-state index in [1.807, 2.05) is 32.8 Å². The number of likely N-dealkylation sites (tertiary alicyclic amines) is 1. The summed E-state index contributed by atoms with van der Waals surface area (Å²) in [4.78, 5) is 29.6. The molecule has 1 amide bonds. The van der Waals surface area contributed by atoms with Crippen molar-refractivity contribution >= 4 is 17.4 Å². The van der Waals surface area contributed by atoms with Gasteiger partial charge in [0.05, 0.1) is 31.9 Å². The molecule has 1 aliphatic heterocycles. The van der Waals surface area contributed by atoms with Crippen LogP contribution in [-0.2, 0) is 9.59 Å². The second kappa shape index (κ2) is 10.6. The lowest BCUT2D eigenvalue weighted by atomic mass is 9.95. The first kappa shape index (κ1) is 25.1. The molecule has 0 aromatic heterocycles. The quantitative estimate of drug-likeness (QED) is 0.342. The van der Waals surface area contributed by atoms with E-state index in [-0.39, 0.29) is 17.4 Å². The third kappa shape index (κ3) is 5.17. The smallest absolute Gasteiger partial charge is 0.295 e. The Kier molecular flexibility index (Phi) is 7.83. The molecule has 1 unspecified atom stereocenters. The van der Waals surface area contributed by atoms with Crippen molar-refractivity contribution in [2.45, 2.75) is 26.0 Å². The van der Waals surface area contributed by atoms with Gasteiger partial charge < -0.3 is 29.1 Å². The Labute approximate surface area is 200 Å². The molecule has 1 N–H and O–H groups in total. The molecule has 0 radical (unpaired) electrons. The Balaban J connectivity index is 2.15. The average molecular weight is 469 g/mol. The Morgan fingerprint density at radius 1 is 1.03 bits per heavy atom. The summed E-state index contributed by atoms with van der Waals surface area (Å²) < 4.78 is 16.5. The van der Waals surface area contributed by atoms with Crippen molar-refractivity contribution in [3.8, 4) is 17.2 Å². The molecule has 0 bridgehead atoms. The van der Waals surface area contributed by atoms with Crippen molar-refractivity contribution in [1.29, 1.82) is 0 Å².